The van der Waals surface area contributed by atoms with E-state index >= 15 is 0 Å². The first-order valence-electron chi connectivity index (χ1n) is 12.1. The summed E-state index contributed by atoms with van der Waals surface area (Å²) >= 11 is 0. The van der Waals surface area contributed by atoms with Gasteiger partial charge < -0.3 is 48.5 Å². The lowest BCUT2D eigenvalue weighted by molar-refractivity contribution is -0.143. The minimum Gasteiger partial charge on any atom is -0.508 e. The highest BCUT2D eigenvalue weighted by Crippen LogP contribution is 2.12. The highest BCUT2D eigenvalue weighted by molar-refractivity contribution is 5.94. The number of aliphatic carboxylic acids is 1. The van der Waals surface area contributed by atoms with Crippen LogP contribution in [0.25, 0.3) is 0 Å². The fraction of sp³-hybridized carbons (Fsp3) is 0.542. The molecule has 0 aliphatic rings. The third-order valence-electron chi connectivity index (χ3n) is 5.60. The van der Waals surface area contributed by atoms with Crippen molar-refractivity contribution in [3.63, 3.8) is 0 Å². The highest BCUT2D eigenvalue weighted by Gasteiger charge is 2.33. The smallest absolute Gasteiger partial charge is 0.326 e. The number of hydrogen-bond acceptors (Lipinski definition) is 8. The Morgan fingerprint density at radius 2 is 1.47 bits per heavy atom. The Labute approximate surface area is 221 Å². The highest BCUT2D eigenvalue weighted by atomic mass is 16.4. The maximum Gasteiger partial charge on any atom is 0.326 e. The molecule has 3 amide bonds. The summed E-state index contributed by atoms with van der Waals surface area (Å²) in [7, 11) is 0. The number of hydrogen-bond donors (Lipinski definition) is 9. The van der Waals surface area contributed by atoms with Crippen LogP contribution in [0.2, 0.25) is 0 Å². The van der Waals surface area contributed by atoms with Crippen molar-refractivity contribution >= 4 is 29.7 Å². The second-order valence-electron chi connectivity index (χ2n) is 9.28. The molecular weight excluding hydrogens is 498 g/mol. The van der Waals surface area contributed by atoms with Crippen LogP contribution in [0, 0.1) is 5.92 Å². The zero-order chi connectivity index (χ0) is 29.0. The molecule has 0 aromatic heterocycles. The number of aliphatic hydroxyl groups excluding tert-OH is 1. The van der Waals surface area contributed by atoms with Crippen LogP contribution in [0.5, 0.6) is 5.75 Å². The van der Waals surface area contributed by atoms with E-state index in [1.54, 1.807) is 13.8 Å². The largest absolute Gasteiger partial charge is 0.508 e. The zero-order valence-electron chi connectivity index (χ0n) is 21.8. The molecule has 0 fully saturated rings. The standard InChI is InChI=1S/C24H39N7O7/c1-12(2)18(30-20(34)16(25)5-4-10-28-24(26)27)21(35)31-19(13(3)32)22(36)29-17(23(37)38)11-14-6-8-15(33)9-7-14/h6-9,12-13,16-19,32-33H,4-5,10-11,25H2,1-3H3,(H,29,36)(H,30,34)(H,31,35)(H,37,38)(H4,26,27,28)/t13-,16+,17+,18+,19+/m1/s1. The Morgan fingerprint density at radius 3 is 1.97 bits per heavy atom. The van der Waals surface area contributed by atoms with E-state index in [4.69, 9.17) is 17.2 Å². The van der Waals surface area contributed by atoms with Crippen molar-refractivity contribution < 1.29 is 34.5 Å². The number of nitrogens with one attached hydrogen (secondary N) is 3. The molecule has 1 rings (SSSR count). The lowest BCUT2D eigenvalue weighted by Gasteiger charge is -2.28. The van der Waals surface area contributed by atoms with Crippen molar-refractivity contribution in [2.45, 2.75) is 70.3 Å². The van der Waals surface area contributed by atoms with Crippen LogP contribution in [-0.2, 0) is 25.6 Å². The van der Waals surface area contributed by atoms with Gasteiger partial charge in [0, 0.05) is 13.0 Å². The number of aliphatic hydroxyl groups is 1. The van der Waals surface area contributed by atoms with E-state index in [1.165, 1.54) is 31.2 Å². The second-order valence-corrected chi connectivity index (χ2v) is 9.28. The SMILES string of the molecule is CC(C)[C@H](NC(=O)[C@@H](N)CCCN=C(N)N)C(=O)N[C@H](C(=O)N[C@@H](Cc1ccc(O)cc1)C(=O)O)[C@@H](C)O. The van der Waals surface area contributed by atoms with Crippen LogP contribution < -0.4 is 33.2 Å². The van der Waals surface area contributed by atoms with E-state index in [9.17, 15) is 34.5 Å². The van der Waals surface area contributed by atoms with Gasteiger partial charge in [-0.15, -0.1) is 0 Å². The molecule has 0 saturated carbocycles. The number of nitrogens with zero attached hydrogens (tertiary/aromatic N) is 1. The summed E-state index contributed by atoms with van der Waals surface area (Å²) in [6.45, 7) is 4.89. The molecule has 5 atom stereocenters. The Morgan fingerprint density at radius 1 is 0.921 bits per heavy atom. The first-order chi connectivity index (χ1) is 17.7. The first kappa shape index (κ1) is 32.1. The molecule has 0 saturated heterocycles. The van der Waals surface area contributed by atoms with Crippen LogP contribution >= 0.6 is 0 Å². The molecule has 0 bridgehead atoms. The fourth-order valence-corrected chi connectivity index (χ4v) is 3.42. The number of guanidine groups is 1. The van der Waals surface area contributed by atoms with Gasteiger partial charge in [-0.1, -0.05) is 26.0 Å². The number of carbonyl (C=O) groups excluding carboxylic acids is 3. The summed E-state index contributed by atoms with van der Waals surface area (Å²) in [5.74, 6) is -4.10. The third kappa shape index (κ3) is 11.0. The van der Waals surface area contributed by atoms with E-state index in [2.05, 4.69) is 20.9 Å². The van der Waals surface area contributed by atoms with Gasteiger partial charge in [-0.2, -0.15) is 0 Å². The van der Waals surface area contributed by atoms with Gasteiger partial charge >= 0.3 is 5.97 Å². The van der Waals surface area contributed by atoms with Gasteiger partial charge in [0.15, 0.2) is 5.96 Å². The molecule has 1 aromatic carbocycles. The molecule has 12 N–H and O–H groups in total. The van der Waals surface area contributed by atoms with Gasteiger partial charge in [-0.05, 0) is 43.4 Å². The molecule has 0 unspecified atom stereocenters. The zero-order valence-corrected chi connectivity index (χ0v) is 21.8. The number of carboxylic acids is 1. The van der Waals surface area contributed by atoms with E-state index in [0.717, 1.165) is 0 Å². The van der Waals surface area contributed by atoms with Gasteiger partial charge in [0.1, 0.15) is 23.9 Å². The quantitative estimate of drug-likeness (QED) is 0.0668. The maximum atomic E-state index is 13.0. The van der Waals surface area contributed by atoms with Gasteiger partial charge in [0.25, 0.3) is 0 Å². The van der Waals surface area contributed by atoms with Gasteiger partial charge in [0.2, 0.25) is 17.7 Å². The van der Waals surface area contributed by atoms with E-state index in [-0.39, 0.29) is 31.1 Å². The number of phenols is 1. The Balaban J connectivity index is 2.87. The van der Waals surface area contributed by atoms with Crippen LogP contribution in [0.4, 0.5) is 0 Å². The van der Waals surface area contributed by atoms with E-state index in [1.807, 2.05) is 0 Å². The van der Waals surface area contributed by atoms with Crippen LogP contribution in [0.15, 0.2) is 29.3 Å². The number of rotatable bonds is 15. The lowest BCUT2D eigenvalue weighted by Crippen LogP contribution is -2.61. The number of aliphatic imine (C=N–C) groups is 1. The predicted octanol–water partition coefficient (Wildman–Crippen LogP) is -2.11. The van der Waals surface area contributed by atoms with Crippen molar-refractivity contribution in [1.29, 1.82) is 0 Å². The number of nitrogens with two attached hydrogens (primary N) is 3. The van der Waals surface area contributed by atoms with Crippen molar-refractivity contribution in [2.75, 3.05) is 6.54 Å². The second kappa shape index (κ2) is 15.4. The minimum atomic E-state index is -1.50. The maximum absolute atomic E-state index is 13.0. The average Bonchev–Trinajstić information content (AvgIpc) is 2.83. The van der Waals surface area contributed by atoms with Gasteiger partial charge in [-0.3, -0.25) is 19.4 Å². The summed E-state index contributed by atoms with van der Waals surface area (Å²) in [6.07, 6.45) is -0.799. The summed E-state index contributed by atoms with van der Waals surface area (Å²) in [5, 5.41) is 36.4. The van der Waals surface area contributed by atoms with Crippen molar-refractivity contribution in [1.82, 2.24) is 16.0 Å². The monoisotopic (exact) mass is 537 g/mol. The molecule has 0 spiro atoms. The number of phenolic OH excluding ortho intramolecular Hbond substituents is 1. The van der Waals surface area contributed by atoms with Crippen LogP contribution in [-0.4, -0.2) is 81.8 Å². The Kier molecular flexibility index (Phi) is 13.0. The molecule has 0 aliphatic carbocycles. The van der Waals surface area contributed by atoms with Crippen LogP contribution in [0.1, 0.15) is 39.2 Å². The number of aromatic hydroxyl groups is 1. The predicted molar refractivity (Wildman–Crippen MR) is 140 cm³/mol. The lowest BCUT2D eigenvalue weighted by atomic mass is 10.0. The summed E-state index contributed by atoms with van der Waals surface area (Å²) in [4.78, 5) is 54.0. The van der Waals surface area contributed by atoms with Crippen molar-refractivity contribution in [3.8, 4) is 5.75 Å². The molecule has 0 radical (unpaired) electrons. The number of benzene rings is 1. The molecule has 0 aliphatic heterocycles. The molecular formula is C24H39N7O7. The summed E-state index contributed by atoms with van der Waals surface area (Å²) < 4.78 is 0. The third-order valence-corrected chi connectivity index (χ3v) is 5.60. The van der Waals surface area contributed by atoms with E-state index in [0.29, 0.717) is 12.0 Å². The number of carbonyl (C=O) groups is 4. The molecule has 212 valence electrons. The summed E-state index contributed by atoms with van der Waals surface area (Å²) in [6, 6.07) is 0.868. The summed E-state index contributed by atoms with van der Waals surface area (Å²) in [5.41, 5.74) is 16.9. The molecule has 14 nitrogen and oxygen atoms in total. The van der Waals surface area contributed by atoms with Crippen LogP contribution in [0.3, 0.4) is 0 Å². The average molecular weight is 538 g/mol. The van der Waals surface area contributed by atoms with Crippen molar-refractivity contribution in [3.05, 3.63) is 29.8 Å². The number of amides is 3. The normalized spacial score (nSPS) is 14.9. The Hall–Kier alpha value is -3.91. The van der Waals surface area contributed by atoms with Crippen molar-refractivity contribution in [2.24, 2.45) is 28.1 Å². The van der Waals surface area contributed by atoms with Gasteiger partial charge in [0.05, 0.1) is 12.1 Å². The number of carboxylic acid groups (broad SMARTS) is 1. The van der Waals surface area contributed by atoms with E-state index < -0.39 is 59.9 Å². The topological polar surface area (TPSA) is 255 Å². The molecule has 0 heterocycles. The fourth-order valence-electron chi connectivity index (χ4n) is 3.42. The Bertz CT molecular complexity index is 979. The van der Waals surface area contributed by atoms with Gasteiger partial charge in [-0.25, -0.2) is 4.79 Å². The first-order valence-corrected chi connectivity index (χ1v) is 12.1. The minimum absolute atomic E-state index is 0.000222. The molecule has 14 heteroatoms. The molecule has 1 aromatic rings. The molecule has 38 heavy (non-hydrogen) atoms.